The quantitative estimate of drug-likeness (QED) is 0.750. The van der Waals surface area contributed by atoms with Crippen LogP contribution in [0.5, 0.6) is 11.5 Å². The normalized spacial score (nSPS) is 12.6. The molecule has 0 saturated heterocycles. The summed E-state index contributed by atoms with van der Waals surface area (Å²) in [5.74, 6) is 2.43. The van der Waals surface area contributed by atoms with E-state index in [1.807, 2.05) is 6.07 Å². The largest absolute Gasteiger partial charge is 0.496 e. The molecule has 114 valence electrons. The molecule has 0 aliphatic rings. The molecule has 1 rings (SSSR count). The first-order valence-corrected chi connectivity index (χ1v) is 7.97. The van der Waals surface area contributed by atoms with Gasteiger partial charge < -0.3 is 14.8 Å². The number of hydrogen-bond acceptors (Lipinski definition) is 3. The van der Waals surface area contributed by atoms with E-state index in [2.05, 4.69) is 48.1 Å². The van der Waals surface area contributed by atoms with Gasteiger partial charge in [-0.2, -0.15) is 0 Å². The Morgan fingerprint density at radius 3 is 2.25 bits per heavy atom. The van der Waals surface area contributed by atoms with Crippen LogP contribution in [0.25, 0.3) is 0 Å². The molecule has 0 bridgehead atoms. The average Bonchev–Trinajstić information content (AvgIpc) is 2.43. The van der Waals surface area contributed by atoms with Crippen molar-refractivity contribution in [2.75, 3.05) is 20.8 Å². The van der Waals surface area contributed by atoms with E-state index in [4.69, 9.17) is 9.47 Å². The van der Waals surface area contributed by atoms with Crippen LogP contribution >= 0.6 is 15.9 Å². The van der Waals surface area contributed by atoms with Gasteiger partial charge in [0.05, 0.1) is 18.7 Å². The highest BCUT2D eigenvalue weighted by Gasteiger charge is 2.18. The fourth-order valence-electron chi connectivity index (χ4n) is 2.27. The average molecular weight is 344 g/mol. The summed E-state index contributed by atoms with van der Waals surface area (Å²) in [5, 5.41) is 3.55. The van der Waals surface area contributed by atoms with E-state index in [9.17, 15) is 0 Å². The fourth-order valence-corrected chi connectivity index (χ4v) is 2.75. The van der Waals surface area contributed by atoms with Crippen LogP contribution in [0.1, 0.15) is 45.2 Å². The van der Waals surface area contributed by atoms with Crippen molar-refractivity contribution in [1.29, 1.82) is 0 Å². The van der Waals surface area contributed by atoms with Crippen LogP contribution in [0, 0.1) is 5.92 Å². The summed E-state index contributed by atoms with van der Waals surface area (Å²) < 4.78 is 11.9. The molecule has 4 heteroatoms. The van der Waals surface area contributed by atoms with Crippen LogP contribution in [0.4, 0.5) is 0 Å². The molecule has 0 aliphatic carbocycles. The number of ether oxygens (including phenoxy) is 2. The molecular weight excluding hydrogens is 318 g/mol. The first-order valence-electron chi connectivity index (χ1n) is 7.18. The van der Waals surface area contributed by atoms with Gasteiger partial charge >= 0.3 is 0 Å². The topological polar surface area (TPSA) is 30.5 Å². The number of benzene rings is 1. The molecule has 1 atom stereocenters. The number of nitrogens with one attached hydrogen (secondary N) is 1. The number of halogens is 1. The summed E-state index contributed by atoms with van der Waals surface area (Å²) in [5.41, 5.74) is 1.16. The zero-order valence-electron chi connectivity index (χ0n) is 13.1. The van der Waals surface area contributed by atoms with Crippen LogP contribution < -0.4 is 14.8 Å². The lowest BCUT2D eigenvalue weighted by Crippen LogP contribution is -2.22. The molecule has 0 heterocycles. The molecule has 1 aromatic carbocycles. The summed E-state index contributed by atoms with van der Waals surface area (Å²) in [6, 6.07) is 4.34. The predicted molar refractivity (Wildman–Crippen MR) is 87.7 cm³/mol. The van der Waals surface area contributed by atoms with E-state index >= 15 is 0 Å². The molecule has 1 aromatic rings. The molecule has 3 nitrogen and oxygen atoms in total. The van der Waals surface area contributed by atoms with Crippen LogP contribution in [-0.2, 0) is 0 Å². The SMILES string of the molecule is CCNC(CCC(C)C)c1cc(OC)c(Br)cc1OC. The Kier molecular flexibility index (Phi) is 7.38. The van der Waals surface area contributed by atoms with Crippen LogP contribution in [0.15, 0.2) is 16.6 Å². The summed E-state index contributed by atoms with van der Waals surface area (Å²) in [6.45, 7) is 7.57. The Labute approximate surface area is 131 Å². The Morgan fingerprint density at radius 2 is 1.75 bits per heavy atom. The number of hydrogen-bond donors (Lipinski definition) is 1. The third-order valence-corrected chi connectivity index (χ3v) is 3.98. The fraction of sp³-hybridized carbons (Fsp3) is 0.625. The molecule has 0 saturated carbocycles. The monoisotopic (exact) mass is 343 g/mol. The lowest BCUT2D eigenvalue weighted by Gasteiger charge is -2.22. The third kappa shape index (κ3) is 4.67. The van der Waals surface area contributed by atoms with Crippen molar-refractivity contribution in [3.05, 3.63) is 22.2 Å². The zero-order valence-corrected chi connectivity index (χ0v) is 14.7. The lowest BCUT2D eigenvalue weighted by atomic mass is 9.96. The highest BCUT2D eigenvalue weighted by atomic mass is 79.9. The minimum Gasteiger partial charge on any atom is -0.496 e. The third-order valence-electron chi connectivity index (χ3n) is 3.36. The van der Waals surface area contributed by atoms with Gasteiger partial charge in [0, 0.05) is 11.6 Å². The van der Waals surface area contributed by atoms with Crippen molar-refractivity contribution in [3.8, 4) is 11.5 Å². The molecule has 0 amide bonds. The van der Waals surface area contributed by atoms with Gasteiger partial charge in [0.25, 0.3) is 0 Å². The van der Waals surface area contributed by atoms with Gasteiger partial charge in [-0.15, -0.1) is 0 Å². The van der Waals surface area contributed by atoms with Gasteiger partial charge in [0.1, 0.15) is 11.5 Å². The lowest BCUT2D eigenvalue weighted by molar-refractivity contribution is 0.379. The Morgan fingerprint density at radius 1 is 1.10 bits per heavy atom. The highest BCUT2D eigenvalue weighted by molar-refractivity contribution is 9.10. The summed E-state index contributed by atoms with van der Waals surface area (Å²) in [6.07, 6.45) is 2.27. The predicted octanol–water partition coefficient (Wildman–Crippen LogP) is 4.55. The maximum Gasteiger partial charge on any atom is 0.133 e. The summed E-state index contributed by atoms with van der Waals surface area (Å²) in [4.78, 5) is 0. The molecule has 0 radical (unpaired) electrons. The minimum absolute atomic E-state index is 0.291. The Hall–Kier alpha value is -0.740. The molecule has 0 aliphatic heterocycles. The van der Waals surface area contributed by atoms with Crippen molar-refractivity contribution in [2.45, 2.75) is 39.7 Å². The van der Waals surface area contributed by atoms with Gasteiger partial charge in [-0.05, 0) is 53.4 Å². The van der Waals surface area contributed by atoms with E-state index in [1.165, 1.54) is 6.42 Å². The first kappa shape index (κ1) is 17.3. The van der Waals surface area contributed by atoms with Crippen molar-refractivity contribution in [2.24, 2.45) is 5.92 Å². The second kappa shape index (κ2) is 8.53. The van der Waals surface area contributed by atoms with Crippen molar-refractivity contribution < 1.29 is 9.47 Å². The van der Waals surface area contributed by atoms with E-state index in [1.54, 1.807) is 14.2 Å². The number of rotatable bonds is 8. The molecule has 20 heavy (non-hydrogen) atoms. The standard InChI is InChI=1S/C16H26BrNO2/c1-6-18-14(8-7-11(2)3)12-9-16(20-5)13(17)10-15(12)19-4/h9-11,14,18H,6-8H2,1-5H3. The van der Waals surface area contributed by atoms with Gasteiger partial charge in [0.15, 0.2) is 0 Å². The van der Waals surface area contributed by atoms with Crippen LogP contribution in [-0.4, -0.2) is 20.8 Å². The van der Waals surface area contributed by atoms with Gasteiger partial charge in [-0.25, -0.2) is 0 Å². The maximum atomic E-state index is 5.53. The van der Waals surface area contributed by atoms with Gasteiger partial charge in [0.2, 0.25) is 0 Å². The van der Waals surface area contributed by atoms with E-state index in [-0.39, 0.29) is 0 Å². The maximum absolute atomic E-state index is 5.53. The Balaban J connectivity index is 3.09. The van der Waals surface area contributed by atoms with E-state index in [0.29, 0.717) is 12.0 Å². The second-order valence-electron chi connectivity index (χ2n) is 5.31. The molecule has 0 aromatic heterocycles. The van der Waals surface area contributed by atoms with Crippen molar-refractivity contribution in [1.82, 2.24) is 5.32 Å². The van der Waals surface area contributed by atoms with Crippen molar-refractivity contribution >= 4 is 15.9 Å². The van der Waals surface area contributed by atoms with E-state index < -0.39 is 0 Å². The highest BCUT2D eigenvalue weighted by Crippen LogP contribution is 2.37. The molecule has 0 spiro atoms. The van der Waals surface area contributed by atoms with Crippen LogP contribution in [0.2, 0.25) is 0 Å². The Bertz CT molecular complexity index is 421. The summed E-state index contributed by atoms with van der Waals surface area (Å²) in [7, 11) is 3.40. The van der Waals surface area contributed by atoms with Gasteiger partial charge in [-0.1, -0.05) is 20.8 Å². The van der Waals surface area contributed by atoms with Crippen LogP contribution in [0.3, 0.4) is 0 Å². The minimum atomic E-state index is 0.291. The van der Waals surface area contributed by atoms with Gasteiger partial charge in [-0.3, -0.25) is 0 Å². The second-order valence-corrected chi connectivity index (χ2v) is 6.16. The molecule has 1 N–H and O–H groups in total. The summed E-state index contributed by atoms with van der Waals surface area (Å²) >= 11 is 3.51. The number of methoxy groups -OCH3 is 2. The smallest absolute Gasteiger partial charge is 0.133 e. The zero-order chi connectivity index (χ0) is 15.1. The molecular formula is C16H26BrNO2. The first-order chi connectivity index (χ1) is 9.53. The molecule has 0 fully saturated rings. The van der Waals surface area contributed by atoms with Crippen molar-refractivity contribution in [3.63, 3.8) is 0 Å². The molecule has 1 unspecified atom stereocenters. The van der Waals surface area contributed by atoms with E-state index in [0.717, 1.165) is 34.5 Å².